The van der Waals surface area contributed by atoms with Crippen molar-refractivity contribution in [3.8, 4) is 0 Å². The Morgan fingerprint density at radius 2 is 1.88 bits per heavy atom. The van der Waals surface area contributed by atoms with Crippen LogP contribution < -0.4 is 5.32 Å². The molecule has 0 radical (unpaired) electrons. The van der Waals surface area contributed by atoms with Gasteiger partial charge in [-0.25, -0.2) is 4.39 Å². The Hall–Kier alpha value is -1.70. The minimum absolute atomic E-state index is 0. The number of halogens is 2. The van der Waals surface area contributed by atoms with Crippen LogP contribution in [-0.2, 0) is 9.53 Å². The Kier molecular flexibility index (Phi) is 6.75. The van der Waals surface area contributed by atoms with Crippen LogP contribution in [0.5, 0.6) is 0 Å². The van der Waals surface area contributed by atoms with E-state index < -0.39 is 0 Å². The SMILES string of the molecule is Cc1ccc(C(=O)N2CCN(C(=O)C3COCCN3)CC2)cc1F.Cl. The van der Waals surface area contributed by atoms with Crippen molar-refractivity contribution in [2.75, 3.05) is 45.9 Å². The normalized spacial score (nSPS) is 20.8. The number of carbonyl (C=O) groups excluding carboxylic acids is 2. The fourth-order valence-electron chi connectivity index (χ4n) is 2.98. The molecule has 1 atom stereocenters. The summed E-state index contributed by atoms with van der Waals surface area (Å²) in [6.45, 7) is 5.22. The van der Waals surface area contributed by atoms with Crippen LogP contribution in [-0.4, -0.2) is 73.6 Å². The molecule has 0 saturated carbocycles. The van der Waals surface area contributed by atoms with Crippen LogP contribution in [0.25, 0.3) is 0 Å². The highest BCUT2D eigenvalue weighted by molar-refractivity contribution is 5.94. The lowest BCUT2D eigenvalue weighted by Gasteiger charge is -2.37. The highest BCUT2D eigenvalue weighted by atomic mass is 35.5. The highest BCUT2D eigenvalue weighted by Crippen LogP contribution is 2.14. The summed E-state index contributed by atoms with van der Waals surface area (Å²) in [6.07, 6.45) is 0. The third-order valence-electron chi connectivity index (χ3n) is 4.52. The third-order valence-corrected chi connectivity index (χ3v) is 4.52. The summed E-state index contributed by atoms with van der Waals surface area (Å²) in [5.41, 5.74) is 0.865. The maximum Gasteiger partial charge on any atom is 0.254 e. The van der Waals surface area contributed by atoms with Crippen LogP contribution in [0, 0.1) is 12.7 Å². The number of hydrogen-bond acceptors (Lipinski definition) is 4. The summed E-state index contributed by atoms with van der Waals surface area (Å²) in [6, 6.07) is 4.23. The van der Waals surface area contributed by atoms with Crippen molar-refractivity contribution in [1.29, 1.82) is 0 Å². The van der Waals surface area contributed by atoms with Crippen molar-refractivity contribution < 1.29 is 18.7 Å². The van der Waals surface area contributed by atoms with Crippen molar-refractivity contribution >= 4 is 24.2 Å². The van der Waals surface area contributed by atoms with Crippen molar-refractivity contribution in [1.82, 2.24) is 15.1 Å². The number of ether oxygens (including phenoxy) is 1. The van der Waals surface area contributed by atoms with Crippen LogP contribution in [0.3, 0.4) is 0 Å². The molecule has 0 bridgehead atoms. The molecule has 1 aromatic rings. The number of hydrogen-bond donors (Lipinski definition) is 1. The van der Waals surface area contributed by atoms with Crippen molar-refractivity contribution in [3.05, 3.63) is 35.1 Å². The molecule has 8 heteroatoms. The molecule has 0 spiro atoms. The van der Waals surface area contributed by atoms with Crippen molar-refractivity contribution in [2.45, 2.75) is 13.0 Å². The zero-order chi connectivity index (χ0) is 17.1. The second-order valence-corrected chi connectivity index (χ2v) is 6.16. The maximum atomic E-state index is 13.6. The van der Waals surface area contributed by atoms with Gasteiger partial charge in [0.2, 0.25) is 5.91 Å². The Labute approximate surface area is 152 Å². The van der Waals surface area contributed by atoms with Crippen LogP contribution >= 0.6 is 12.4 Å². The number of aryl methyl sites for hydroxylation is 1. The maximum absolute atomic E-state index is 13.6. The zero-order valence-corrected chi connectivity index (χ0v) is 15.0. The molecule has 138 valence electrons. The quantitative estimate of drug-likeness (QED) is 0.836. The van der Waals surface area contributed by atoms with Gasteiger partial charge in [-0.05, 0) is 24.6 Å². The largest absolute Gasteiger partial charge is 0.378 e. The molecule has 2 saturated heterocycles. The van der Waals surface area contributed by atoms with Gasteiger partial charge < -0.3 is 19.9 Å². The minimum atomic E-state index is -0.377. The van der Waals surface area contributed by atoms with E-state index in [2.05, 4.69) is 5.32 Å². The molecule has 1 N–H and O–H groups in total. The van der Waals surface area contributed by atoms with Gasteiger partial charge in [-0.2, -0.15) is 0 Å². The number of nitrogens with one attached hydrogen (secondary N) is 1. The first-order valence-corrected chi connectivity index (χ1v) is 8.21. The molecule has 0 aliphatic carbocycles. The Morgan fingerprint density at radius 1 is 1.20 bits per heavy atom. The van der Waals surface area contributed by atoms with E-state index in [1.165, 1.54) is 6.07 Å². The van der Waals surface area contributed by atoms with E-state index >= 15 is 0 Å². The Balaban J connectivity index is 0.00000225. The van der Waals surface area contributed by atoms with Gasteiger partial charge >= 0.3 is 0 Å². The van der Waals surface area contributed by atoms with Gasteiger partial charge in [0.05, 0.1) is 13.2 Å². The number of nitrogens with zero attached hydrogens (tertiary/aromatic N) is 2. The third kappa shape index (κ3) is 4.48. The Morgan fingerprint density at radius 3 is 2.48 bits per heavy atom. The number of amides is 2. The van der Waals surface area contributed by atoms with E-state index in [9.17, 15) is 14.0 Å². The molecule has 3 rings (SSSR count). The zero-order valence-electron chi connectivity index (χ0n) is 14.2. The molecule has 1 unspecified atom stereocenters. The van der Waals surface area contributed by atoms with Crippen LogP contribution in [0.1, 0.15) is 15.9 Å². The lowest BCUT2D eigenvalue weighted by Crippen LogP contribution is -2.57. The smallest absolute Gasteiger partial charge is 0.254 e. The summed E-state index contributed by atoms with van der Waals surface area (Å²) < 4.78 is 19.0. The van der Waals surface area contributed by atoms with E-state index in [1.807, 2.05) is 0 Å². The van der Waals surface area contributed by atoms with E-state index in [0.717, 1.165) is 0 Å². The van der Waals surface area contributed by atoms with E-state index in [0.29, 0.717) is 57.1 Å². The molecule has 2 aliphatic heterocycles. The van der Waals surface area contributed by atoms with Crippen LogP contribution in [0.15, 0.2) is 18.2 Å². The number of piperazine rings is 1. The molecule has 2 amide bonds. The average molecular weight is 372 g/mol. The number of carbonyl (C=O) groups is 2. The average Bonchev–Trinajstić information content (AvgIpc) is 2.63. The lowest BCUT2D eigenvalue weighted by atomic mass is 10.1. The summed E-state index contributed by atoms with van der Waals surface area (Å²) in [5, 5.41) is 3.15. The second kappa shape index (κ2) is 8.60. The predicted octanol–water partition coefficient (Wildman–Crippen LogP) is 0.829. The van der Waals surface area contributed by atoms with Gasteiger partial charge in [-0.1, -0.05) is 6.07 Å². The molecule has 2 aliphatic rings. The summed E-state index contributed by atoms with van der Waals surface area (Å²) in [5.74, 6) is -0.554. The van der Waals surface area contributed by atoms with Gasteiger partial charge in [0.15, 0.2) is 0 Å². The molecule has 0 aromatic heterocycles. The minimum Gasteiger partial charge on any atom is -0.378 e. The predicted molar refractivity (Wildman–Crippen MR) is 93.5 cm³/mol. The highest BCUT2D eigenvalue weighted by Gasteiger charge is 2.30. The number of benzene rings is 1. The fourth-order valence-corrected chi connectivity index (χ4v) is 2.98. The summed E-state index contributed by atoms with van der Waals surface area (Å²) in [7, 11) is 0. The van der Waals surface area contributed by atoms with Gasteiger partial charge in [0, 0.05) is 38.3 Å². The summed E-state index contributed by atoms with van der Waals surface area (Å²) >= 11 is 0. The van der Waals surface area contributed by atoms with E-state index in [-0.39, 0.29) is 36.1 Å². The molecule has 2 heterocycles. The van der Waals surface area contributed by atoms with Crippen molar-refractivity contribution in [3.63, 3.8) is 0 Å². The van der Waals surface area contributed by atoms with Crippen molar-refractivity contribution in [2.24, 2.45) is 0 Å². The second-order valence-electron chi connectivity index (χ2n) is 6.16. The summed E-state index contributed by atoms with van der Waals surface area (Å²) in [4.78, 5) is 28.3. The molecule has 25 heavy (non-hydrogen) atoms. The monoisotopic (exact) mass is 371 g/mol. The molecule has 1 aromatic carbocycles. The van der Waals surface area contributed by atoms with Gasteiger partial charge in [-0.3, -0.25) is 9.59 Å². The van der Waals surface area contributed by atoms with E-state index in [1.54, 1.807) is 28.9 Å². The topological polar surface area (TPSA) is 61.9 Å². The number of rotatable bonds is 2. The standard InChI is InChI=1S/C17H22FN3O3.ClH/c1-12-2-3-13(10-14(12)18)16(22)20-5-7-21(8-6-20)17(23)15-11-24-9-4-19-15;/h2-3,10,15,19H,4-9,11H2,1H3;1H. The fraction of sp³-hybridized carbons (Fsp3) is 0.529. The molecule has 6 nitrogen and oxygen atoms in total. The van der Waals surface area contributed by atoms with Gasteiger partial charge in [0.1, 0.15) is 11.9 Å². The van der Waals surface area contributed by atoms with E-state index in [4.69, 9.17) is 4.74 Å². The first-order chi connectivity index (χ1) is 11.6. The van der Waals surface area contributed by atoms with Gasteiger partial charge in [-0.15, -0.1) is 12.4 Å². The Bertz CT molecular complexity index is 630. The van der Waals surface area contributed by atoms with Crippen LogP contribution in [0.2, 0.25) is 0 Å². The molecular weight excluding hydrogens is 349 g/mol. The first-order valence-electron chi connectivity index (χ1n) is 8.21. The molecule has 2 fully saturated rings. The lowest BCUT2D eigenvalue weighted by molar-refractivity contribution is -0.137. The van der Waals surface area contributed by atoms with Crippen LogP contribution in [0.4, 0.5) is 4.39 Å². The molecular formula is C17H23ClFN3O3. The van der Waals surface area contributed by atoms with Gasteiger partial charge in [0.25, 0.3) is 5.91 Å². The number of morpholine rings is 1. The first kappa shape index (κ1) is 19.6.